The van der Waals surface area contributed by atoms with Crippen molar-refractivity contribution in [2.45, 2.75) is 32.2 Å². The summed E-state index contributed by atoms with van der Waals surface area (Å²) in [5, 5.41) is 3.55. The Kier molecular flexibility index (Phi) is 3.91. The van der Waals surface area contributed by atoms with Gasteiger partial charge in [0.15, 0.2) is 0 Å². The van der Waals surface area contributed by atoms with E-state index in [1.54, 1.807) is 17.4 Å². The number of carbonyl (C=O) groups excluding carboxylic acids is 1. The van der Waals surface area contributed by atoms with Gasteiger partial charge in [0.25, 0.3) is 0 Å². The molecule has 1 unspecified atom stereocenters. The van der Waals surface area contributed by atoms with Crippen molar-refractivity contribution in [1.82, 2.24) is 0 Å². The standard InChI is InChI=1S/C16H17ClN2OS/c1-9-10(16(18)20)4-2-5-12(9)19-13-6-3-7-14-11(13)8-15(17)21-14/h2,4-5,8,13,19H,3,6-7H2,1H3,(H2,18,20). The van der Waals surface area contributed by atoms with Gasteiger partial charge in [-0.1, -0.05) is 17.7 Å². The van der Waals surface area contributed by atoms with Gasteiger partial charge < -0.3 is 11.1 Å². The lowest BCUT2D eigenvalue weighted by molar-refractivity contribution is 0.1000. The van der Waals surface area contributed by atoms with Crippen molar-refractivity contribution in [2.24, 2.45) is 5.73 Å². The van der Waals surface area contributed by atoms with E-state index in [0.717, 1.165) is 34.8 Å². The molecule has 3 rings (SSSR count). The summed E-state index contributed by atoms with van der Waals surface area (Å²) in [7, 11) is 0. The van der Waals surface area contributed by atoms with Crippen LogP contribution in [0.25, 0.3) is 0 Å². The van der Waals surface area contributed by atoms with Crippen molar-refractivity contribution in [1.29, 1.82) is 0 Å². The van der Waals surface area contributed by atoms with E-state index in [9.17, 15) is 4.79 Å². The van der Waals surface area contributed by atoms with Gasteiger partial charge in [-0.25, -0.2) is 0 Å². The van der Waals surface area contributed by atoms with E-state index in [1.165, 1.54) is 10.4 Å². The second kappa shape index (κ2) is 5.70. The lowest BCUT2D eigenvalue weighted by Crippen LogP contribution is -2.18. The molecule has 1 aromatic carbocycles. The number of carbonyl (C=O) groups is 1. The van der Waals surface area contributed by atoms with Crippen molar-refractivity contribution in [2.75, 3.05) is 5.32 Å². The first kappa shape index (κ1) is 14.4. The number of rotatable bonds is 3. The zero-order valence-electron chi connectivity index (χ0n) is 11.8. The number of primary amides is 1. The van der Waals surface area contributed by atoms with E-state index in [-0.39, 0.29) is 11.9 Å². The van der Waals surface area contributed by atoms with Gasteiger partial charge >= 0.3 is 0 Å². The van der Waals surface area contributed by atoms with E-state index in [2.05, 4.69) is 11.4 Å². The molecule has 5 heteroatoms. The zero-order chi connectivity index (χ0) is 15.0. The number of nitrogens with two attached hydrogens (primary N) is 1. The average molecular weight is 321 g/mol. The Bertz CT molecular complexity index is 696. The maximum Gasteiger partial charge on any atom is 0.249 e. The maximum atomic E-state index is 11.4. The van der Waals surface area contributed by atoms with Crippen LogP contribution in [-0.2, 0) is 6.42 Å². The summed E-state index contributed by atoms with van der Waals surface area (Å²) in [5.41, 5.74) is 9.14. The molecular formula is C16H17ClN2OS. The SMILES string of the molecule is Cc1c(NC2CCCc3sc(Cl)cc32)cccc1C(N)=O. The summed E-state index contributed by atoms with van der Waals surface area (Å²) in [6.45, 7) is 1.92. The number of fused-ring (bicyclic) bond motifs is 1. The first-order chi connectivity index (χ1) is 10.1. The van der Waals surface area contributed by atoms with Crippen LogP contribution in [0.5, 0.6) is 0 Å². The molecule has 1 atom stereocenters. The average Bonchev–Trinajstić information content (AvgIpc) is 2.82. The van der Waals surface area contributed by atoms with E-state index < -0.39 is 0 Å². The number of hydrogen-bond donors (Lipinski definition) is 2. The van der Waals surface area contributed by atoms with Crippen molar-refractivity contribution >= 4 is 34.5 Å². The molecule has 110 valence electrons. The molecule has 3 nitrogen and oxygen atoms in total. The minimum absolute atomic E-state index is 0.249. The first-order valence-corrected chi connectivity index (χ1v) is 8.20. The molecule has 0 saturated heterocycles. The second-order valence-corrected chi connectivity index (χ2v) is 7.13. The van der Waals surface area contributed by atoms with Crippen LogP contribution >= 0.6 is 22.9 Å². The fourth-order valence-corrected chi connectivity index (χ4v) is 4.30. The molecule has 0 radical (unpaired) electrons. The Balaban J connectivity index is 1.91. The quantitative estimate of drug-likeness (QED) is 0.886. The van der Waals surface area contributed by atoms with Crippen LogP contribution in [0.1, 0.15) is 45.2 Å². The number of anilines is 1. The summed E-state index contributed by atoms with van der Waals surface area (Å²) >= 11 is 7.81. The van der Waals surface area contributed by atoms with Crippen molar-refractivity contribution < 1.29 is 4.79 Å². The molecule has 1 aliphatic carbocycles. The molecule has 1 aromatic heterocycles. The number of aryl methyl sites for hydroxylation is 1. The van der Waals surface area contributed by atoms with Gasteiger partial charge in [0, 0.05) is 16.1 Å². The summed E-state index contributed by atoms with van der Waals surface area (Å²) in [6.07, 6.45) is 3.32. The molecule has 1 aliphatic rings. The number of thiophene rings is 1. The highest BCUT2D eigenvalue weighted by molar-refractivity contribution is 7.16. The van der Waals surface area contributed by atoms with Gasteiger partial charge in [0.05, 0.1) is 10.4 Å². The minimum Gasteiger partial charge on any atom is -0.378 e. The molecule has 3 N–H and O–H groups in total. The van der Waals surface area contributed by atoms with E-state index in [1.807, 2.05) is 19.1 Å². The third-order valence-electron chi connectivity index (χ3n) is 4.01. The summed E-state index contributed by atoms with van der Waals surface area (Å²) in [4.78, 5) is 12.8. The van der Waals surface area contributed by atoms with Crippen LogP contribution in [0.3, 0.4) is 0 Å². The van der Waals surface area contributed by atoms with E-state index in [4.69, 9.17) is 17.3 Å². The zero-order valence-corrected chi connectivity index (χ0v) is 13.4. The minimum atomic E-state index is -0.390. The molecule has 0 aliphatic heterocycles. The monoisotopic (exact) mass is 320 g/mol. The van der Waals surface area contributed by atoms with Crippen LogP contribution in [0, 0.1) is 6.92 Å². The summed E-state index contributed by atoms with van der Waals surface area (Å²) < 4.78 is 0.844. The van der Waals surface area contributed by atoms with Crippen LogP contribution in [-0.4, -0.2) is 5.91 Å². The molecule has 0 saturated carbocycles. The highest BCUT2D eigenvalue weighted by atomic mass is 35.5. The molecule has 21 heavy (non-hydrogen) atoms. The van der Waals surface area contributed by atoms with Gasteiger partial charge in [0.1, 0.15) is 0 Å². The van der Waals surface area contributed by atoms with Gasteiger partial charge in [-0.2, -0.15) is 0 Å². The number of amides is 1. The van der Waals surface area contributed by atoms with Crippen LogP contribution in [0.4, 0.5) is 5.69 Å². The van der Waals surface area contributed by atoms with Gasteiger partial charge in [0.2, 0.25) is 5.91 Å². The number of halogens is 1. The van der Waals surface area contributed by atoms with Crippen molar-refractivity contribution in [3.63, 3.8) is 0 Å². The highest BCUT2D eigenvalue weighted by Gasteiger charge is 2.23. The normalized spacial score (nSPS) is 17.3. The van der Waals surface area contributed by atoms with E-state index >= 15 is 0 Å². The Morgan fingerprint density at radius 2 is 2.29 bits per heavy atom. The molecule has 0 fully saturated rings. The van der Waals surface area contributed by atoms with Gasteiger partial charge in [-0.3, -0.25) is 4.79 Å². The van der Waals surface area contributed by atoms with Crippen LogP contribution < -0.4 is 11.1 Å². The molecule has 0 bridgehead atoms. The highest BCUT2D eigenvalue weighted by Crippen LogP contribution is 2.39. The predicted molar refractivity (Wildman–Crippen MR) is 88.3 cm³/mol. The third kappa shape index (κ3) is 2.78. The second-order valence-electron chi connectivity index (χ2n) is 5.36. The van der Waals surface area contributed by atoms with Crippen LogP contribution in [0.15, 0.2) is 24.3 Å². The molecular weight excluding hydrogens is 304 g/mol. The fraction of sp³-hybridized carbons (Fsp3) is 0.312. The van der Waals surface area contributed by atoms with E-state index in [0.29, 0.717) is 5.56 Å². The Morgan fingerprint density at radius 3 is 3.05 bits per heavy atom. The molecule has 1 amide bonds. The van der Waals surface area contributed by atoms with Gasteiger partial charge in [-0.05, 0) is 55.5 Å². The predicted octanol–water partition coefficient (Wildman–Crippen LogP) is 4.30. The number of benzene rings is 1. The molecule has 1 heterocycles. The van der Waals surface area contributed by atoms with Gasteiger partial charge in [-0.15, -0.1) is 11.3 Å². The smallest absolute Gasteiger partial charge is 0.249 e. The van der Waals surface area contributed by atoms with Crippen molar-refractivity contribution in [3.05, 3.63) is 50.2 Å². The largest absolute Gasteiger partial charge is 0.378 e. The summed E-state index contributed by atoms with van der Waals surface area (Å²) in [6, 6.07) is 7.92. The molecule has 2 aromatic rings. The molecule has 0 spiro atoms. The Labute approximate surface area is 133 Å². The topological polar surface area (TPSA) is 55.1 Å². The fourth-order valence-electron chi connectivity index (χ4n) is 2.92. The lowest BCUT2D eigenvalue weighted by Gasteiger charge is -2.25. The van der Waals surface area contributed by atoms with Crippen molar-refractivity contribution in [3.8, 4) is 0 Å². The Hall–Kier alpha value is -1.52. The lowest BCUT2D eigenvalue weighted by atomic mass is 9.93. The first-order valence-electron chi connectivity index (χ1n) is 7.00. The number of nitrogens with one attached hydrogen (secondary N) is 1. The maximum absolute atomic E-state index is 11.4. The summed E-state index contributed by atoms with van der Waals surface area (Å²) in [5.74, 6) is -0.390. The third-order valence-corrected chi connectivity index (χ3v) is 5.35. The Morgan fingerprint density at radius 1 is 1.48 bits per heavy atom. The number of hydrogen-bond acceptors (Lipinski definition) is 3. The van der Waals surface area contributed by atoms with Crippen LogP contribution in [0.2, 0.25) is 4.34 Å².